The van der Waals surface area contributed by atoms with Crippen LogP contribution in [-0.2, 0) is 0 Å². The second-order valence-corrected chi connectivity index (χ2v) is 4.03. The number of pyridine rings is 1. The molecule has 0 aliphatic heterocycles. The topological polar surface area (TPSA) is 22.1 Å². The van der Waals surface area contributed by atoms with Crippen LogP contribution in [0.2, 0.25) is 5.15 Å². The number of hydrogen-bond donors (Lipinski definition) is 0. The van der Waals surface area contributed by atoms with E-state index in [2.05, 4.69) is 27.5 Å². The van der Waals surface area contributed by atoms with Gasteiger partial charge in [-0.25, -0.2) is 4.98 Å². The van der Waals surface area contributed by atoms with Crippen molar-refractivity contribution < 1.29 is 4.74 Å². The molecule has 0 saturated carbocycles. The Bertz CT molecular complexity index is 307. The van der Waals surface area contributed by atoms with Gasteiger partial charge in [-0.3, -0.25) is 0 Å². The molecule has 0 saturated heterocycles. The van der Waals surface area contributed by atoms with Gasteiger partial charge in [0.1, 0.15) is 6.61 Å². The number of halogens is 2. The van der Waals surface area contributed by atoms with E-state index in [1.807, 2.05) is 13.0 Å². The summed E-state index contributed by atoms with van der Waals surface area (Å²) in [5.74, 6) is 0.616. The summed E-state index contributed by atoms with van der Waals surface area (Å²) < 4.78 is 6.16. The molecule has 1 aromatic rings. The Balaban J connectivity index is 2.81. The zero-order valence-corrected chi connectivity index (χ0v) is 9.52. The molecule has 1 heterocycles. The van der Waals surface area contributed by atoms with Crippen LogP contribution in [0.4, 0.5) is 0 Å². The lowest BCUT2D eigenvalue weighted by Crippen LogP contribution is -1.99. The van der Waals surface area contributed by atoms with E-state index in [0.29, 0.717) is 17.5 Å². The average Bonchev–Trinajstić information content (AvgIpc) is 2.03. The lowest BCUT2D eigenvalue weighted by Gasteiger charge is -2.08. The smallest absolute Gasteiger partial charge is 0.171 e. The minimum Gasteiger partial charge on any atom is -0.485 e. The van der Waals surface area contributed by atoms with Gasteiger partial charge in [0.15, 0.2) is 10.9 Å². The highest BCUT2D eigenvalue weighted by molar-refractivity contribution is 9.11. The summed E-state index contributed by atoms with van der Waals surface area (Å²) in [7, 11) is 0. The number of hydrogen-bond acceptors (Lipinski definition) is 2. The molecule has 0 spiro atoms. The maximum absolute atomic E-state index is 5.83. The number of aromatic nitrogens is 1. The average molecular weight is 263 g/mol. The first-order valence-corrected chi connectivity index (χ1v) is 4.85. The molecular weight excluding hydrogens is 253 g/mol. The van der Waals surface area contributed by atoms with Gasteiger partial charge >= 0.3 is 0 Å². The van der Waals surface area contributed by atoms with Crippen LogP contribution in [0.15, 0.2) is 23.3 Å². The van der Waals surface area contributed by atoms with Gasteiger partial charge in [-0.2, -0.15) is 0 Å². The molecule has 0 bridgehead atoms. The SMILES string of the molecule is C=C(Br)COc1c(C)ccnc1Cl. The van der Waals surface area contributed by atoms with Gasteiger partial charge in [0.25, 0.3) is 0 Å². The van der Waals surface area contributed by atoms with E-state index in [1.165, 1.54) is 0 Å². The fourth-order valence-electron chi connectivity index (χ4n) is 0.835. The van der Waals surface area contributed by atoms with E-state index in [-0.39, 0.29) is 0 Å². The van der Waals surface area contributed by atoms with Crippen LogP contribution in [0.1, 0.15) is 5.56 Å². The molecule has 0 radical (unpaired) electrons. The first kappa shape index (κ1) is 10.5. The Morgan fingerprint density at radius 2 is 2.46 bits per heavy atom. The van der Waals surface area contributed by atoms with Gasteiger partial charge in [-0.1, -0.05) is 34.1 Å². The zero-order valence-electron chi connectivity index (χ0n) is 7.18. The summed E-state index contributed by atoms with van der Waals surface area (Å²) in [5, 5.41) is 0.383. The van der Waals surface area contributed by atoms with Gasteiger partial charge in [0, 0.05) is 10.7 Å². The molecule has 70 valence electrons. The molecule has 2 nitrogen and oxygen atoms in total. The third-order valence-electron chi connectivity index (χ3n) is 1.43. The van der Waals surface area contributed by atoms with Crippen molar-refractivity contribution in [1.29, 1.82) is 0 Å². The second kappa shape index (κ2) is 4.63. The standard InChI is InChI=1S/C9H9BrClNO/c1-6-3-4-12-9(11)8(6)13-5-7(2)10/h3-4H,2,5H2,1H3. The summed E-state index contributed by atoms with van der Waals surface area (Å²) in [6.07, 6.45) is 1.65. The van der Waals surface area contributed by atoms with Crippen molar-refractivity contribution in [3.8, 4) is 5.75 Å². The van der Waals surface area contributed by atoms with Gasteiger partial charge in [-0.05, 0) is 18.6 Å². The Labute approximate surface area is 90.7 Å². The van der Waals surface area contributed by atoms with Gasteiger partial charge in [0.05, 0.1) is 0 Å². The Hall–Kier alpha value is -0.540. The van der Waals surface area contributed by atoms with E-state index < -0.39 is 0 Å². The first-order valence-electron chi connectivity index (χ1n) is 3.68. The molecule has 0 fully saturated rings. The molecule has 0 amide bonds. The van der Waals surface area contributed by atoms with E-state index in [9.17, 15) is 0 Å². The molecule has 1 aromatic heterocycles. The highest BCUT2D eigenvalue weighted by Gasteiger charge is 2.05. The minimum atomic E-state index is 0.383. The summed E-state index contributed by atoms with van der Waals surface area (Å²) >= 11 is 9.03. The maximum atomic E-state index is 5.83. The van der Waals surface area contributed by atoms with Crippen molar-refractivity contribution in [3.63, 3.8) is 0 Å². The van der Waals surface area contributed by atoms with Crippen molar-refractivity contribution >= 4 is 27.5 Å². The number of rotatable bonds is 3. The van der Waals surface area contributed by atoms with Gasteiger partial charge in [-0.15, -0.1) is 0 Å². The molecule has 4 heteroatoms. The predicted molar refractivity (Wildman–Crippen MR) is 57.5 cm³/mol. The van der Waals surface area contributed by atoms with Crippen LogP contribution >= 0.6 is 27.5 Å². The highest BCUT2D eigenvalue weighted by atomic mass is 79.9. The lowest BCUT2D eigenvalue weighted by atomic mass is 10.3. The van der Waals surface area contributed by atoms with Crippen LogP contribution in [0.25, 0.3) is 0 Å². The summed E-state index contributed by atoms with van der Waals surface area (Å²) in [5.41, 5.74) is 0.966. The Morgan fingerprint density at radius 3 is 3.00 bits per heavy atom. The third kappa shape index (κ3) is 3.01. The molecular formula is C9H9BrClNO. The summed E-state index contributed by atoms with van der Waals surface area (Å²) in [6, 6.07) is 1.85. The molecule has 0 aliphatic rings. The normalized spacial score (nSPS) is 9.77. The van der Waals surface area contributed by atoms with Gasteiger partial charge in [0.2, 0.25) is 0 Å². The maximum Gasteiger partial charge on any atom is 0.171 e. The van der Waals surface area contributed by atoms with Crippen LogP contribution < -0.4 is 4.74 Å². The van der Waals surface area contributed by atoms with Crippen molar-refractivity contribution in [2.75, 3.05) is 6.61 Å². The number of aryl methyl sites for hydroxylation is 1. The predicted octanol–water partition coefficient (Wildman–Crippen LogP) is 3.33. The number of ether oxygens (including phenoxy) is 1. The second-order valence-electron chi connectivity index (χ2n) is 2.55. The van der Waals surface area contributed by atoms with Crippen molar-refractivity contribution in [1.82, 2.24) is 4.98 Å². The number of nitrogens with zero attached hydrogens (tertiary/aromatic N) is 1. The fourth-order valence-corrected chi connectivity index (χ4v) is 1.21. The summed E-state index contributed by atoms with van der Waals surface area (Å²) in [6.45, 7) is 5.97. The molecule has 0 aliphatic carbocycles. The monoisotopic (exact) mass is 261 g/mol. The van der Waals surface area contributed by atoms with E-state index in [1.54, 1.807) is 6.20 Å². The van der Waals surface area contributed by atoms with Crippen molar-refractivity contribution in [2.24, 2.45) is 0 Å². The molecule has 13 heavy (non-hydrogen) atoms. The molecule has 0 atom stereocenters. The quantitative estimate of drug-likeness (QED) is 0.780. The van der Waals surface area contributed by atoms with Crippen LogP contribution in [0.3, 0.4) is 0 Å². The van der Waals surface area contributed by atoms with Crippen molar-refractivity contribution in [2.45, 2.75) is 6.92 Å². The zero-order chi connectivity index (χ0) is 9.84. The molecule has 0 N–H and O–H groups in total. The third-order valence-corrected chi connectivity index (χ3v) is 1.93. The Morgan fingerprint density at radius 1 is 1.77 bits per heavy atom. The lowest BCUT2D eigenvalue weighted by molar-refractivity contribution is 0.357. The van der Waals surface area contributed by atoms with Crippen LogP contribution in [0.5, 0.6) is 5.75 Å². The first-order chi connectivity index (χ1) is 6.11. The fraction of sp³-hybridized carbons (Fsp3) is 0.222. The van der Waals surface area contributed by atoms with Gasteiger partial charge < -0.3 is 4.74 Å². The van der Waals surface area contributed by atoms with E-state index in [0.717, 1.165) is 10.0 Å². The van der Waals surface area contributed by atoms with E-state index in [4.69, 9.17) is 16.3 Å². The molecule has 0 unspecified atom stereocenters. The molecule has 0 aromatic carbocycles. The highest BCUT2D eigenvalue weighted by Crippen LogP contribution is 2.26. The summed E-state index contributed by atoms with van der Waals surface area (Å²) in [4.78, 5) is 3.91. The van der Waals surface area contributed by atoms with Crippen molar-refractivity contribution in [3.05, 3.63) is 34.0 Å². The molecule has 1 rings (SSSR count). The largest absolute Gasteiger partial charge is 0.485 e. The van der Waals surface area contributed by atoms with Crippen LogP contribution in [0, 0.1) is 6.92 Å². The van der Waals surface area contributed by atoms with Crippen LogP contribution in [-0.4, -0.2) is 11.6 Å². The minimum absolute atomic E-state index is 0.383. The van der Waals surface area contributed by atoms with E-state index >= 15 is 0 Å². The Kier molecular flexibility index (Phi) is 3.75.